The lowest BCUT2D eigenvalue weighted by Gasteiger charge is -2.15. The Kier molecular flexibility index (Phi) is 4.98. The monoisotopic (exact) mass is 237 g/mol. The highest BCUT2D eigenvalue weighted by atomic mass is 32.2. The molecule has 90 valence electrons. The van der Waals surface area contributed by atoms with Crippen LogP contribution in [0.15, 0.2) is 0 Å². The molecular formula is C9H19NO4S. The molecule has 0 spiro atoms. The van der Waals surface area contributed by atoms with Crippen LogP contribution in [0.25, 0.3) is 0 Å². The molecule has 0 radical (unpaired) electrons. The minimum Gasteiger partial charge on any atom is -0.396 e. The Balaban J connectivity index is 2.45. The molecule has 0 amide bonds. The fourth-order valence-electron chi connectivity index (χ4n) is 1.80. The Morgan fingerprint density at radius 2 is 2.27 bits per heavy atom. The molecule has 1 unspecified atom stereocenters. The number of hydrogen-bond donors (Lipinski definition) is 1. The van der Waals surface area contributed by atoms with E-state index in [2.05, 4.69) is 0 Å². The molecule has 0 aromatic heterocycles. The van der Waals surface area contributed by atoms with Gasteiger partial charge in [0, 0.05) is 26.8 Å². The zero-order valence-electron chi connectivity index (χ0n) is 9.05. The second kappa shape index (κ2) is 5.79. The molecule has 15 heavy (non-hydrogen) atoms. The minimum atomic E-state index is -3.16. The van der Waals surface area contributed by atoms with E-state index in [1.807, 2.05) is 0 Å². The fourth-order valence-corrected chi connectivity index (χ4v) is 3.37. The third-order valence-electron chi connectivity index (χ3n) is 2.60. The van der Waals surface area contributed by atoms with Crippen molar-refractivity contribution in [1.82, 2.24) is 4.31 Å². The first-order chi connectivity index (χ1) is 7.10. The number of nitrogens with zero attached hydrogens (tertiary/aromatic N) is 1. The van der Waals surface area contributed by atoms with Gasteiger partial charge in [-0.2, -0.15) is 0 Å². The van der Waals surface area contributed by atoms with Crippen LogP contribution < -0.4 is 0 Å². The van der Waals surface area contributed by atoms with Gasteiger partial charge < -0.3 is 9.84 Å². The second-order valence-corrected chi connectivity index (χ2v) is 5.95. The first-order valence-electron chi connectivity index (χ1n) is 5.17. The number of aliphatic hydroxyl groups excluding tert-OH is 1. The van der Waals surface area contributed by atoms with Gasteiger partial charge >= 0.3 is 0 Å². The average molecular weight is 237 g/mol. The van der Waals surface area contributed by atoms with Crippen molar-refractivity contribution in [2.75, 3.05) is 39.2 Å². The van der Waals surface area contributed by atoms with Crippen LogP contribution in [0.4, 0.5) is 0 Å². The molecule has 1 fully saturated rings. The van der Waals surface area contributed by atoms with E-state index in [1.165, 1.54) is 4.31 Å². The van der Waals surface area contributed by atoms with E-state index in [9.17, 15) is 8.42 Å². The number of sulfonamides is 1. The van der Waals surface area contributed by atoms with Crippen molar-refractivity contribution in [3.63, 3.8) is 0 Å². The van der Waals surface area contributed by atoms with Crippen LogP contribution in [0.2, 0.25) is 0 Å². The summed E-state index contributed by atoms with van der Waals surface area (Å²) in [7, 11) is -1.53. The summed E-state index contributed by atoms with van der Waals surface area (Å²) in [4.78, 5) is 0. The summed E-state index contributed by atoms with van der Waals surface area (Å²) in [5.74, 6) is 0.363. The second-order valence-electron chi connectivity index (χ2n) is 3.86. The topological polar surface area (TPSA) is 66.8 Å². The van der Waals surface area contributed by atoms with Crippen LogP contribution in [0.5, 0.6) is 0 Å². The Labute approximate surface area is 91.1 Å². The predicted octanol–water partition coefficient (Wildman–Crippen LogP) is -0.333. The SMILES string of the molecule is COCC1CCN(S(=O)(=O)CCCO)C1. The van der Waals surface area contributed by atoms with Gasteiger partial charge in [0.15, 0.2) is 0 Å². The molecule has 1 aliphatic heterocycles. The molecule has 1 saturated heterocycles. The maximum atomic E-state index is 11.7. The third kappa shape index (κ3) is 3.71. The van der Waals surface area contributed by atoms with Crippen LogP contribution in [0.3, 0.4) is 0 Å². The van der Waals surface area contributed by atoms with Gasteiger partial charge in [-0.3, -0.25) is 0 Å². The Hall–Kier alpha value is -0.170. The highest BCUT2D eigenvalue weighted by molar-refractivity contribution is 7.89. The molecule has 1 heterocycles. The summed E-state index contributed by atoms with van der Waals surface area (Å²) >= 11 is 0. The van der Waals surface area contributed by atoms with Gasteiger partial charge in [0.2, 0.25) is 10.0 Å². The number of rotatable bonds is 6. The van der Waals surface area contributed by atoms with Gasteiger partial charge in [-0.1, -0.05) is 0 Å². The van der Waals surface area contributed by atoms with Crippen molar-refractivity contribution in [3.05, 3.63) is 0 Å². The number of methoxy groups -OCH3 is 1. The largest absolute Gasteiger partial charge is 0.396 e. The average Bonchev–Trinajstić information content (AvgIpc) is 2.65. The van der Waals surface area contributed by atoms with E-state index in [4.69, 9.17) is 9.84 Å². The van der Waals surface area contributed by atoms with Crippen molar-refractivity contribution < 1.29 is 18.3 Å². The summed E-state index contributed by atoms with van der Waals surface area (Å²) in [5, 5.41) is 8.61. The molecule has 1 N–H and O–H groups in total. The Morgan fingerprint density at radius 1 is 1.53 bits per heavy atom. The third-order valence-corrected chi connectivity index (χ3v) is 4.53. The first-order valence-corrected chi connectivity index (χ1v) is 6.78. The van der Waals surface area contributed by atoms with Gasteiger partial charge in [-0.05, 0) is 18.8 Å². The highest BCUT2D eigenvalue weighted by Crippen LogP contribution is 2.20. The van der Waals surface area contributed by atoms with Crippen molar-refractivity contribution >= 4 is 10.0 Å². The van der Waals surface area contributed by atoms with E-state index < -0.39 is 10.0 Å². The molecular weight excluding hydrogens is 218 g/mol. The molecule has 5 nitrogen and oxygen atoms in total. The summed E-state index contributed by atoms with van der Waals surface area (Å²) in [6.07, 6.45) is 1.18. The summed E-state index contributed by atoms with van der Waals surface area (Å²) in [5.41, 5.74) is 0. The lowest BCUT2D eigenvalue weighted by atomic mass is 10.1. The van der Waals surface area contributed by atoms with Crippen LogP contribution >= 0.6 is 0 Å². The molecule has 1 aliphatic rings. The zero-order valence-corrected chi connectivity index (χ0v) is 9.87. The quantitative estimate of drug-likeness (QED) is 0.687. The molecule has 0 saturated carbocycles. The molecule has 6 heteroatoms. The van der Waals surface area contributed by atoms with Gasteiger partial charge in [0.05, 0.1) is 12.4 Å². The molecule has 1 rings (SSSR count). The minimum absolute atomic E-state index is 0.0448. The molecule has 0 aromatic carbocycles. The van der Waals surface area contributed by atoms with Crippen LogP contribution in [-0.4, -0.2) is 57.0 Å². The van der Waals surface area contributed by atoms with E-state index in [0.717, 1.165) is 6.42 Å². The normalized spacial score (nSPS) is 23.5. The highest BCUT2D eigenvalue weighted by Gasteiger charge is 2.30. The lowest BCUT2D eigenvalue weighted by Crippen LogP contribution is -2.31. The standard InChI is InChI=1S/C9H19NO4S/c1-14-8-9-3-4-10(7-9)15(12,13)6-2-5-11/h9,11H,2-8H2,1H3. The summed E-state index contributed by atoms with van der Waals surface area (Å²) < 4.78 is 29.9. The van der Waals surface area contributed by atoms with Gasteiger partial charge in [0.1, 0.15) is 0 Å². The zero-order chi connectivity index (χ0) is 11.3. The molecule has 0 aromatic rings. The van der Waals surface area contributed by atoms with Crippen molar-refractivity contribution in [2.24, 2.45) is 5.92 Å². The van der Waals surface area contributed by atoms with E-state index >= 15 is 0 Å². The van der Waals surface area contributed by atoms with Gasteiger partial charge in [-0.15, -0.1) is 0 Å². The van der Waals surface area contributed by atoms with Crippen molar-refractivity contribution in [2.45, 2.75) is 12.8 Å². The Bertz CT molecular complexity index is 278. The lowest BCUT2D eigenvalue weighted by molar-refractivity contribution is 0.157. The first kappa shape index (κ1) is 12.9. The fraction of sp³-hybridized carbons (Fsp3) is 1.00. The maximum Gasteiger partial charge on any atom is 0.214 e. The van der Waals surface area contributed by atoms with Gasteiger partial charge in [-0.25, -0.2) is 12.7 Å². The van der Waals surface area contributed by atoms with Crippen molar-refractivity contribution in [1.29, 1.82) is 0 Å². The van der Waals surface area contributed by atoms with Gasteiger partial charge in [0.25, 0.3) is 0 Å². The van der Waals surface area contributed by atoms with E-state index in [-0.39, 0.29) is 12.4 Å². The number of hydrogen-bond acceptors (Lipinski definition) is 4. The van der Waals surface area contributed by atoms with Crippen LogP contribution in [0.1, 0.15) is 12.8 Å². The van der Waals surface area contributed by atoms with Crippen LogP contribution in [-0.2, 0) is 14.8 Å². The summed E-state index contributed by atoms with van der Waals surface area (Å²) in [6.45, 7) is 1.68. The molecule has 0 bridgehead atoms. The van der Waals surface area contributed by atoms with Crippen LogP contribution in [0, 0.1) is 5.92 Å². The van der Waals surface area contributed by atoms with Crippen molar-refractivity contribution in [3.8, 4) is 0 Å². The van der Waals surface area contributed by atoms with E-state index in [1.54, 1.807) is 7.11 Å². The number of ether oxygens (including phenoxy) is 1. The maximum absolute atomic E-state index is 11.7. The smallest absolute Gasteiger partial charge is 0.214 e. The molecule has 0 aliphatic carbocycles. The summed E-state index contributed by atoms with van der Waals surface area (Å²) in [6, 6.07) is 0. The Morgan fingerprint density at radius 3 is 2.87 bits per heavy atom. The molecule has 1 atom stereocenters. The number of aliphatic hydroxyl groups is 1. The predicted molar refractivity (Wildman–Crippen MR) is 57.0 cm³/mol. The van der Waals surface area contributed by atoms with E-state index in [0.29, 0.717) is 32.0 Å².